The molecule has 0 radical (unpaired) electrons. The first-order valence-electron chi connectivity index (χ1n) is 9.61. The molecule has 2 unspecified atom stereocenters. The van der Waals surface area contributed by atoms with Crippen LogP contribution >= 0.6 is 0 Å². The zero-order chi connectivity index (χ0) is 15.5. The van der Waals surface area contributed by atoms with Crippen molar-refractivity contribution < 1.29 is 0 Å². The van der Waals surface area contributed by atoms with Crippen molar-refractivity contribution in [1.82, 2.24) is 14.7 Å². The first kappa shape index (κ1) is 16.7. The first-order valence-corrected chi connectivity index (χ1v) is 9.61. The Labute approximate surface area is 137 Å². The fraction of sp³-hybridized carbons (Fsp3) is 1.00. The van der Waals surface area contributed by atoms with E-state index in [0.29, 0.717) is 6.04 Å². The number of hydrogen-bond donors (Lipinski definition) is 1. The Morgan fingerprint density at radius 1 is 0.773 bits per heavy atom. The van der Waals surface area contributed by atoms with E-state index in [2.05, 4.69) is 28.5 Å². The molecule has 4 nitrogen and oxygen atoms in total. The van der Waals surface area contributed by atoms with Gasteiger partial charge in [-0.05, 0) is 65.5 Å². The van der Waals surface area contributed by atoms with E-state index in [9.17, 15) is 0 Å². The summed E-state index contributed by atoms with van der Waals surface area (Å²) in [5.41, 5.74) is 6.02. The van der Waals surface area contributed by atoms with Crippen molar-refractivity contribution in [2.75, 3.05) is 39.3 Å². The van der Waals surface area contributed by atoms with Crippen LogP contribution < -0.4 is 5.73 Å². The summed E-state index contributed by atoms with van der Waals surface area (Å²) in [6, 6.07) is 2.87. The van der Waals surface area contributed by atoms with Crippen molar-refractivity contribution in [2.24, 2.45) is 5.73 Å². The minimum absolute atomic E-state index is 0.449. The summed E-state index contributed by atoms with van der Waals surface area (Å²) in [5.74, 6) is 0. The molecule has 2 heterocycles. The zero-order valence-electron chi connectivity index (χ0n) is 14.7. The molecule has 0 aromatic carbocycles. The van der Waals surface area contributed by atoms with Gasteiger partial charge in [-0.3, -0.25) is 9.80 Å². The molecule has 3 aliphatic rings. The monoisotopic (exact) mass is 308 g/mol. The summed E-state index contributed by atoms with van der Waals surface area (Å²) >= 11 is 0. The average molecular weight is 309 g/mol. The molecule has 128 valence electrons. The van der Waals surface area contributed by atoms with E-state index in [1.807, 2.05) is 0 Å². The summed E-state index contributed by atoms with van der Waals surface area (Å²) in [7, 11) is 0. The lowest BCUT2D eigenvalue weighted by Gasteiger charge is -2.39. The fourth-order valence-corrected chi connectivity index (χ4v) is 4.19. The van der Waals surface area contributed by atoms with E-state index in [4.69, 9.17) is 5.73 Å². The molecule has 1 saturated carbocycles. The van der Waals surface area contributed by atoms with Crippen molar-refractivity contribution in [3.05, 3.63) is 0 Å². The molecule has 3 rings (SSSR count). The highest BCUT2D eigenvalue weighted by molar-refractivity contribution is 4.88. The minimum Gasteiger partial charge on any atom is -0.328 e. The Morgan fingerprint density at radius 2 is 1.27 bits per heavy atom. The number of rotatable bonds is 6. The lowest BCUT2D eigenvalue weighted by molar-refractivity contribution is 0.0859. The van der Waals surface area contributed by atoms with E-state index in [-0.39, 0.29) is 0 Å². The molecule has 4 heteroatoms. The van der Waals surface area contributed by atoms with Crippen LogP contribution in [-0.2, 0) is 0 Å². The first-order chi connectivity index (χ1) is 10.6. The van der Waals surface area contributed by atoms with Gasteiger partial charge in [-0.25, -0.2) is 0 Å². The molecular formula is C18H36N4. The predicted octanol–water partition coefficient (Wildman–Crippen LogP) is 1.75. The number of nitrogens with two attached hydrogens (primary N) is 1. The van der Waals surface area contributed by atoms with Gasteiger partial charge in [0.05, 0.1) is 0 Å². The van der Waals surface area contributed by atoms with Gasteiger partial charge in [0.15, 0.2) is 0 Å². The lowest BCUT2D eigenvalue weighted by Crippen LogP contribution is -2.50. The number of piperazine rings is 1. The van der Waals surface area contributed by atoms with E-state index in [0.717, 1.165) is 18.1 Å². The number of piperidine rings is 1. The summed E-state index contributed by atoms with van der Waals surface area (Å²) < 4.78 is 0. The van der Waals surface area contributed by atoms with Crippen molar-refractivity contribution in [2.45, 2.75) is 76.5 Å². The zero-order valence-corrected chi connectivity index (χ0v) is 14.7. The molecule has 22 heavy (non-hydrogen) atoms. The highest BCUT2D eigenvalue weighted by Crippen LogP contribution is 2.28. The van der Waals surface area contributed by atoms with Gasteiger partial charge in [-0.15, -0.1) is 0 Å². The van der Waals surface area contributed by atoms with Crippen molar-refractivity contribution in [3.8, 4) is 0 Å². The van der Waals surface area contributed by atoms with Gasteiger partial charge >= 0.3 is 0 Å². The van der Waals surface area contributed by atoms with Crippen LogP contribution in [0.5, 0.6) is 0 Å². The summed E-state index contributed by atoms with van der Waals surface area (Å²) in [6.45, 7) is 12.4. The van der Waals surface area contributed by atoms with E-state index >= 15 is 0 Å². The lowest BCUT2D eigenvalue weighted by atomic mass is 10.0. The Bertz CT molecular complexity index is 328. The third kappa shape index (κ3) is 4.44. The largest absolute Gasteiger partial charge is 0.328 e. The molecule has 2 saturated heterocycles. The maximum Gasteiger partial charge on any atom is 0.0113 e. The Hall–Kier alpha value is -0.160. The molecule has 0 amide bonds. The van der Waals surface area contributed by atoms with Gasteiger partial charge in [0, 0.05) is 50.3 Å². The summed E-state index contributed by atoms with van der Waals surface area (Å²) in [4.78, 5) is 8.08. The Kier molecular flexibility index (Phi) is 5.77. The summed E-state index contributed by atoms with van der Waals surface area (Å²) in [5, 5.41) is 0. The van der Waals surface area contributed by atoms with E-state index in [1.165, 1.54) is 77.8 Å². The number of likely N-dealkylation sites (tertiary alicyclic amines) is 1. The van der Waals surface area contributed by atoms with E-state index < -0.39 is 0 Å². The fourth-order valence-electron chi connectivity index (χ4n) is 4.19. The standard InChI is InChI=1S/C18H36N4/c1-15(20-9-7-17(19)8-10-20)3-4-16(2)21-11-13-22(14-12-21)18-5-6-18/h15-18H,3-14,19H2,1-2H3. The third-order valence-corrected chi connectivity index (χ3v) is 6.24. The van der Waals surface area contributed by atoms with Gasteiger partial charge in [-0.1, -0.05) is 0 Å². The Balaban J connectivity index is 1.34. The minimum atomic E-state index is 0.449. The topological polar surface area (TPSA) is 35.7 Å². The highest BCUT2D eigenvalue weighted by Gasteiger charge is 2.32. The van der Waals surface area contributed by atoms with Crippen LogP contribution in [0, 0.1) is 0 Å². The molecule has 0 aromatic heterocycles. The molecule has 0 bridgehead atoms. The molecule has 2 N–H and O–H groups in total. The highest BCUT2D eigenvalue weighted by atomic mass is 15.3. The van der Waals surface area contributed by atoms with Gasteiger partial charge in [0.2, 0.25) is 0 Å². The van der Waals surface area contributed by atoms with Crippen LogP contribution in [0.4, 0.5) is 0 Å². The molecule has 2 aliphatic heterocycles. The van der Waals surface area contributed by atoms with Gasteiger partial charge in [0.25, 0.3) is 0 Å². The van der Waals surface area contributed by atoms with Crippen LogP contribution in [0.25, 0.3) is 0 Å². The van der Waals surface area contributed by atoms with E-state index in [1.54, 1.807) is 0 Å². The molecule has 0 spiro atoms. The third-order valence-electron chi connectivity index (χ3n) is 6.24. The number of hydrogen-bond acceptors (Lipinski definition) is 4. The second-order valence-electron chi connectivity index (χ2n) is 7.95. The molecule has 0 aromatic rings. The van der Waals surface area contributed by atoms with Crippen molar-refractivity contribution in [1.29, 1.82) is 0 Å². The Morgan fingerprint density at radius 3 is 1.77 bits per heavy atom. The predicted molar refractivity (Wildman–Crippen MR) is 93.1 cm³/mol. The van der Waals surface area contributed by atoms with Crippen molar-refractivity contribution >= 4 is 0 Å². The number of nitrogens with zero attached hydrogens (tertiary/aromatic N) is 3. The quantitative estimate of drug-likeness (QED) is 0.811. The molecule has 1 aliphatic carbocycles. The SMILES string of the molecule is CC(CCC(C)N1CCN(C2CC2)CC1)N1CCC(N)CC1. The van der Waals surface area contributed by atoms with Crippen LogP contribution in [0.3, 0.4) is 0 Å². The van der Waals surface area contributed by atoms with Gasteiger partial charge in [-0.2, -0.15) is 0 Å². The van der Waals surface area contributed by atoms with Crippen LogP contribution in [-0.4, -0.2) is 78.1 Å². The maximum absolute atomic E-state index is 6.02. The second-order valence-corrected chi connectivity index (χ2v) is 7.95. The normalized spacial score (nSPS) is 29.6. The molecule has 2 atom stereocenters. The summed E-state index contributed by atoms with van der Waals surface area (Å²) in [6.07, 6.45) is 7.94. The molecule has 3 fully saturated rings. The smallest absolute Gasteiger partial charge is 0.0113 e. The van der Waals surface area contributed by atoms with Crippen molar-refractivity contribution in [3.63, 3.8) is 0 Å². The average Bonchev–Trinajstić information content (AvgIpc) is 3.38. The van der Waals surface area contributed by atoms with Gasteiger partial charge in [0.1, 0.15) is 0 Å². The maximum atomic E-state index is 6.02. The van der Waals surface area contributed by atoms with Crippen LogP contribution in [0.2, 0.25) is 0 Å². The van der Waals surface area contributed by atoms with Crippen LogP contribution in [0.15, 0.2) is 0 Å². The molecular weight excluding hydrogens is 272 g/mol. The second kappa shape index (κ2) is 7.61. The van der Waals surface area contributed by atoms with Gasteiger partial charge < -0.3 is 10.6 Å². The van der Waals surface area contributed by atoms with Crippen LogP contribution in [0.1, 0.15) is 52.4 Å².